The third-order valence-corrected chi connectivity index (χ3v) is 6.86. The van der Waals surface area contributed by atoms with Gasteiger partial charge in [0.2, 0.25) is 0 Å². The molecule has 1 rings (SSSR count). The Morgan fingerprint density at radius 2 is 1.53 bits per heavy atom. The van der Waals surface area contributed by atoms with Crippen molar-refractivity contribution in [1.82, 2.24) is 0 Å². The number of hydrogen-bond acceptors (Lipinski definition) is 0. The minimum Gasteiger partial charge on any atom is -0.189 e. The molecule has 0 N–H and O–H groups in total. The van der Waals surface area contributed by atoms with Crippen LogP contribution in [-0.4, -0.2) is 10.5 Å². The fraction of sp³-hybridized carbons (Fsp3) is 0.500. The smallest absolute Gasteiger partial charge is 0.189 e. The molecule has 3 heteroatoms. The Balaban J connectivity index is 3.34. The molecule has 0 fully saturated rings. The Bertz CT molecular complexity index is 335. The van der Waals surface area contributed by atoms with Gasteiger partial charge in [-0.25, -0.2) is 0 Å². The van der Waals surface area contributed by atoms with Gasteiger partial charge in [-0.1, -0.05) is 42.9 Å². The highest BCUT2D eigenvalue weighted by Gasteiger charge is 2.18. The van der Waals surface area contributed by atoms with E-state index in [-0.39, 0.29) is 0 Å². The quantitative estimate of drug-likeness (QED) is 0.725. The van der Waals surface area contributed by atoms with Gasteiger partial charge in [-0.2, -0.15) is 28.1 Å². The molecule has 0 unspecified atom stereocenters. The highest BCUT2D eigenvalue weighted by Crippen LogP contribution is 2.18. The summed E-state index contributed by atoms with van der Waals surface area (Å²) in [6.45, 7) is 6.76. The van der Waals surface area contributed by atoms with Crippen LogP contribution in [0.3, 0.4) is 0 Å². The molecular weight excluding hydrogens is 331 g/mol. The first-order chi connectivity index (χ1) is 7.15. The molecule has 0 aliphatic rings. The molecule has 0 heterocycles. The van der Waals surface area contributed by atoms with Crippen LogP contribution in [0.1, 0.15) is 37.5 Å². The number of aryl methyl sites for hydroxylation is 1. The Labute approximate surface area is 111 Å². The molecule has 0 atom stereocenters. The van der Waals surface area contributed by atoms with Gasteiger partial charge in [-0.15, -0.1) is 0 Å². The van der Waals surface area contributed by atoms with Crippen molar-refractivity contribution in [3.63, 3.8) is 0 Å². The Hall–Kier alpha value is 0.712. The average Bonchev–Trinajstić information content (AvgIpc) is 2.26. The minimum absolute atomic E-state index is 1.03. The van der Waals surface area contributed by atoms with Gasteiger partial charge >= 0.3 is 10.5 Å². The molecule has 15 heavy (non-hydrogen) atoms. The zero-order valence-electron chi connectivity index (χ0n) is 9.61. The standard InChI is InChI=1S/C12H17.Al.2BrH/c1-4-10-8-7-9-11(5-2)12(10)6-3;;;/h7-8H,4-6H2,1-3H3;;2*1H/q;+2;;/p-2. The zero-order chi connectivity index (χ0) is 11.4. The molecular formula is C12H17AlBr2. The molecule has 0 bridgehead atoms. The van der Waals surface area contributed by atoms with Crippen LogP contribution in [0.5, 0.6) is 0 Å². The van der Waals surface area contributed by atoms with E-state index < -0.39 is 10.5 Å². The van der Waals surface area contributed by atoms with E-state index in [1.807, 2.05) is 0 Å². The molecule has 0 saturated heterocycles. The summed E-state index contributed by atoms with van der Waals surface area (Å²) in [5.41, 5.74) is 4.67. The molecule has 0 amide bonds. The normalized spacial score (nSPS) is 10.5. The molecule has 0 nitrogen and oxygen atoms in total. The predicted molar refractivity (Wildman–Crippen MR) is 77.8 cm³/mol. The summed E-state index contributed by atoms with van der Waals surface area (Å²) in [5.74, 6) is 0. The van der Waals surface area contributed by atoms with Gasteiger partial charge in [-0.3, -0.25) is 0 Å². The number of hydrogen-bond donors (Lipinski definition) is 0. The number of benzene rings is 1. The van der Waals surface area contributed by atoms with E-state index in [9.17, 15) is 0 Å². The van der Waals surface area contributed by atoms with Crippen molar-refractivity contribution in [2.75, 3.05) is 0 Å². The van der Waals surface area contributed by atoms with E-state index in [2.05, 4.69) is 61.0 Å². The molecule has 0 saturated carbocycles. The van der Waals surface area contributed by atoms with Crippen molar-refractivity contribution in [1.29, 1.82) is 0 Å². The first kappa shape index (κ1) is 13.8. The lowest BCUT2D eigenvalue weighted by Gasteiger charge is -2.16. The summed E-state index contributed by atoms with van der Waals surface area (Å²) in [5, 5.41) is 0. The Morgan fingerprint density at radius 1 is 0.933 bits per heavy atom. The van der Waals surface area contributed by atoms with Gasteiger partial charge in [0.05, 0.1) is 0 Å². The summed E-state index contributed by atoms with van der Waals surface area (Å²) in [4.78, 5) is 0. The third-order valence-electron chi connectivity index (χ3n) is 2.89. The molecule has 0 aliphatic heterocycles. The van der Waals surface area contributed by atoms with Crippen molar-refractivity contribution >= 4 is 43.0 Å². The van der Waals surface area contributed by atoms with Crippen molar-refractivity contribution < 1.29 is 0 Å². The van der Waals surface area contributed by atoms with E-state index in [0.29, 0.717) is 0 Å². The predicted octanol–water partition coefficient (Wildman–Crippen LogP) is 3.86. The second kappa shape index (κ2) is 6.45. The lowest BCUT2D eigenvalue weighted by atomic mass is 9.95. The van der Waals surface area contributed by atoms with Crippen molar-refractivity contribution in [3.05, 3.63) is 28.8 Å². The Kier molecular flexibility index (Phi) is 5.92. The topological polar surface area (TPSA) is 0 Å². The van der Waals surface area contributed by atoms with Gasteiger partial charge in [0.1, 0.15) is 0 Å². The lowest BCUT2D eigenvalue weighted by Crippen LogP contribution is -2.24. The zero-order valence-corrected chi connectivity index (χ0v) is 13.9. The van der Waals surface area contributed by atoms with Crippen LogP contribution in [0, 0.1) is 0 Å². The van der Waals surface area contributed by atoms with Gasteiger partial charge in [-0.05, 0) is 30.4 Å². The van der Waals surface area contributed by atoms with E-state index >= 15 is 0 Å². The van der Waals surface area contributed by atoms with Gasteiger partial charge in [0.25, 0.3) is 0 Å². The fourth-order valence-corrected chi connectivity index (χ4v) is 5.61. The number of rotatable bonds is 4. The number of halogens is 2. The van der Waals surface area contributed by atoms with Gasteiger partial charge < -0.3 is 0 Å². The van der Waals surface area contributed by atoms with E-state index in [4.69, 9.17) is 0 Å². The van der Waals surface area contributed by atoms with Crippen LogP contribution < -0.4 is 4.43 Å². The maximum absolute atomic E-state index is 3.74. The lowest BCUT2D eigenvalue weighted by molar-refractivity contribution is 0.988. The van der Waals surface area contributed by atoms with E-state index in [0.717, 1.165) is 19.3 Å². The molecule has 1 aromatic rings. The molecule has 0 spiro atoms. The summed E-state index contributed by atoms with van der Waals surface area (Å²) in [6.07, 6.45) is 3.45. The molecule has 1 aromatic carbocycles. The molecule has 0 aromatic heterocycles. The van der Waals surface area contributed by atoms with Crippen molar-refractivity contribution in [2.24, 2.45) is 0 Å². The van der Waals surface area contributed by atoms with Crippen LogP contribution >= 0.6 is 28.1 Å². The van der Waals surface area contributed by atoms with Crippen molar-refractivity contribution in [3.8, 4) is 0 Å². The van der Waals surface area contributed by atoms with Crippen LogP contribution in [0.2, 0.25) is 0 Å². The maximum atomic E-state index is 3.74. The van der Waals surface area contributed by atoms with Crippen LogP contribution in [0.15, 0.2) is 12.1 Å². The summed E-state index contributed by atoms with van der Waals surface area (Å²) in [6, 6.07) is 4.60. The molecule has 0 radical (unpaired) electrons. The first-order valence-electron chi connectivity index (χ1n) is 5.57. The van der Waals surface area contributed by atoms with Crippen LogP contribution in [0.25, 0.3) is 0 Å². The highest BCUT2D eigenvalue weighted by molar-refractivity contribution is 9.49. The highest BCUT2D eigenvalue weighted by atomic mass is 79.9. The monoisotopic (exact) mass is 346 g/mol. The van der Waals surface area contributed by atoms with E-state index in [1.54, 1.807) is 11.1 Å². The maximum Gasteiger partial charge on any atom is 0.491 e. The third kappa shape index (κ3) is 3.10. The second-order valence-corrected chi connectivity index (χ2v) is 14.0. The molecule has 82 valence electrons. The largest absolute Gasteiger partial charge is 0.491 e. The van der Waals surface area contributed by atoms with Gasteiger partial charge in [0.15, 0.2) is 0 Å². The van der Waals surface area contributed by atoms with Gasteiger partial charge in [0, 0.05) is 0 Å². The second-order valence-electron chi connectivity index (χ2n) is 3.63. The van der Waals surface area contributed by atoms with Crippen molar-refractivity contribution in [2.45, 2.75) is 40.0 Å². The van der Waals surface area contributed by atoms with Crippen LogP contribution in [0.4, 0.5) is 0 Å². The van der Waals surface area contributed by atoms with Crippen LogP contribution in [-0.2, 0) is 19.3 Å². The summed E-state index contributed by atoms with van der Waals surface area (Å²) in [7, 11) is -1.03. The Morgan fingerprint density at radius 3 is 1.93 bits per heavy atom. The SMILES string of the molecule is CCc1cc[c]([Al]([Br])[Br])c(CC)c1CC. The molecule has 0 aliphatic carbocycles. The summed E-state index contributed by atoms with van der Waals surface area (Å²) < 4.78 is 1.52. The van der Waals surface area contributed by atoms with E-state index in [1.165, 1.54) is 9.99 Å². The first-order valence-corrected chi connectivity index (χ1v) is 12.5. The fourth-order valence-electron chi connectivity index (χ4n) is 2.15. The minimum atomic E-state index is -1.03. The summed E-state index contributed by atoms with van der Waals surface area (Å²) >= 11 is 7.48. The average molecular weight is 348 g/mol.